The topological polar surface area (TPSA) is 15.3 Å². The third kappa shape index (κ3) is 3.56. The molecule has 0 saturated carbocycles. The van der Waals surface area contributed by atoms with E-state index in [0.717, 1.165) is 31.7 Å². The third-order valence-electron chi connectivity index (χ3n) is 3.83. The van der Waals surface area contributed by atoms with Crippen molar-refractivity contribution in [3.63, 3.8) is 0 Å². The van der Waals surface area contributed by atoms with Crippen molar-refractivity contribution in [3.8, 4) is 0 Å². The first kappa shape index (κ1) is 15.0. The summed E-state index contributed by atoms with van der Waals surface area (Å²) in [5.74, 6) is 0.621. The summed E-state index contributed by atoms with van der Waals surface area (Å²) >= 11 is 12.4. The van der Waals surface area contributed by atoms with Gasteiger partial charge in [0.1, 0.15) is 0 Å². The summed E-state index contributed by atoms with van der Waals surface area (Å²) in [5.41, 5.74) is 1.06. The fourth-order valence-corrected chi connectivity index (χ4v) is 3.15. The molecule has 1 heterocycles. The molecule has 0 aromatic heterocycles. The SMILES string of the molecule is CCCNC1CCN(c2cccc(Cl)c2Cl)CC1C. The van der Waals surface area contributed by atoms with E-state index in [2.05, 4.69) is 30.1 Å². The lowest BCUT2D eigenvalue weighted by Gasteiger charge is -2.39. The molecule has 0 bridgehead atoms. The Bertz CT molecular complexity index is 423. The second kappa shape index (κ2) is 6.83. The van der Waals surface area contributed by atoms with Gasteiger partial charge in [-0.1, -0.05) is 43.1 Å². The number of rotatable bonds is 4. The van der Waals surface area contributed by atoms with Gasteiger partial charge >= 0.3 is 0 Å². The molecule has 1 aliphatic rings. The number of nitrogens with one attached hydrogen (secondary N) is 1. The van der Waals surface area contributed by atoms with E-state index < -0.39 is 0 Å². The van der Waals surface area contributed by atoms with Gasteiger partial charge in [-0.3, -0.25) is 0 Å². The molecule has 19 heavy (non-hydrogen) atoms. The maximum atomic E-state index is 6.31. The predicted octanol–water partition coefficient (Wildman–Crippen LogP) is 4.21. The van der Waals surface area contributed by atoms with Gasteiger partial charge in [-0.15, -0.1) is 0 Å². The van der Waals surface area contributed by atoms with E-state index in [-0.39, 0.29) is 0 Å². The van der Waals surface area contributed by atoms with E-state index in [4.69, 9.17) is 23.2 Å². The van der Waals surface area contributed by atoms with Crippen LogP contribution in [0.5, 0.6) is 0 Å². The Labute approximate surface area is 126 Å². The molecule has 106 valence electrons. The van der Waals surface area contributed by atoms with Gasteiger partial charge in [0, 0.05) is 19.1 Å². The Morgan fingerprint density at radius 3 is 2.84 bits per heavy atom. The first-order valence-electron chi connectivity index (χ1n) is 7.05. The van der Waals surface area contributed by atoms with E-state index in [1.54, 1.807) is 0 Å². The fourth-order valence-electron chi connectivity index (χ4n) is 2.73. The molecule has 2 rings (SSSR count). The van der Waals surface area contributed by atoms with Crippen molar-refractivity contribution in [1.29, 1.82) is 0 Å². The van der Waals surface area contributed by atoms with Crippen LogP contribution in [0.1, 0.15) is 26.7 Å². The van der Waals surface area contributed by atoms with Crippen molar-refractivity contribution in [2.75, 3.05) is 24.5 Å². The van der Waals surface area contributed by atoms with Crippen LogP contribution in [0.15, 0.2) is 18.2 Å². The maximum absolute atomic E-state index is 6.31. The summed E-state index contributed by atoms with van der Waals surface area (Å²) in [4.78, 5) is 2.35. The number of nitrogens with zero attached hydrogens (tertiary/aromatic N) is 1. The molecule has 0 spiro atoms. The van der Waals surface area contributed by atoms with Crippen LogP contribution in [0.3, 0.4) is 0 Å². The molecule has 0 aliphatic carbocycles. The first-order valence-corrected chi connectivity index (χ1v) is 7.81. The summed E-state index contributed by atoms with van der Waals surface area (Å²) in [6.07, 6.45) is 2.34. The van der Waals surface area contributed by atoms with Crippen molar-refractivity contribution in [3.05, 3.63) is 28.2 Å². The van der Waals surface area contributed by atoms with Crippen LogP contribution in [0.2, 0.25) is 10.0 Å². The normalized spacial score (nSPS) is 23.7. The monoisotopic (exact) mass is 300 g/mol. The molecular weight excluding hydrogens is 279 g/mol. The number of benzene rings is 1. The number of anilines is 1. The van der Waals surface area contributed by atoms with E-state index in [9.17, 15) is 0 Å². The smallest absolute Gasteiger partial charge is 0.0825 e. The number of halogens is 2. The van der Waals surface area contributed by atoms with E-state index in [0.29, 0.717) is 22.0 Å². The van der Waals surface area contributed by atoms with Crippen molar-refractivity contribution < 1.29 is 0 Å². The molecule has 1 aromatic rings. The molecular formula is C15H22Cl2N2. The molecule has 1 aliphatic heterocycles. The Morgan fingerprint density at radius 1 is 1.37 bits per heavy atom. The highest BCUT2D eigenvalue weighted by Gasteiger charge is 2.26. The molecule has 0 radical (unpaired) electrons. The summed E-state index contributed by atoms with van der Waals surface area (Å²) in [6, 6.07) is 6.48. The minimum atomic E-state index is 0.620. The van der Waals surface area contributed by atoms with Crippen LogP contribution in [0, 0.1) is 5.92 Å². The molecule has 2 unspecified atom stereocenters. The molecule has 2 nitrogen and oxygen atoms in total. The van der Waals surface area contributed by atoms with Crippen molar-refractivity contribution in [2.24, 2.45) is 5.92 Å². The Hall–Kier alpha value is -0.440. The second-order valence-electron chi connectivity index (χ2n) is 5.35. The van der Waals surface area contributed by atoms with Gasteiger partial charge in [-0.05, 0) is 37.4 Å². The number of hydrogen-bond donors (Lipinski definition) is 1. The molecule has 1 N–H and O–H groups in total. The van der Waals surface area contributed by atoms with E-state index in [1.165, 1.54) is 6.42 Å². The lowest BCUT2D eigenvalue weighted by molar-refractivity contribution is 0.322. The highest BCUT2D eigenvalue weighted by Crippen LogP contribution is 2.34. The highest BCUT2D eigenvalue weighted by atomic mass is 35.5. The zero-order valence-electron chi connectivity index (χ0n) is 11.6. The van der Waals surface area contributed by atoms with Crippen molar-refractivity contribution >= 4 is 28.9 Å². The quantitative estimate of drug-likeness (QED) is 0.896. The standard InChI is InChI=1S/C15H22Cl2N2/c1-3-8-18-13-7-9-19(10-11(13)2)14-6-4-5-12(16)15(14)17/h4-6,11,13,18H,3,7-10H2,1-2H3. The number of hydrogen-bond acceptors (Lipinski definition) is 2. The fraction of sp³-hybridized carbons (Fsp3) is 0.600. The Balaban J connectivity index is 2.03. The average molecular weight is 301 g/mol. The van der Waals surface area contributed by atoms with Gasteiger partial charge in [0.25, 0.3) is 0 Å². The lowest BCUT2D eigenvalue weighted by atomic mass is 9.93. The second-order valence-corrected chi connectivity index (χ2v) is 6.13. The van der Waals surface area contributed by atoms with E-state index >= 15 is 0 Å². The van der Waals surface area contributed by atoms with Crippen LogP contribution in [0.4, 0.5) is 5.69 Å². The molecule has 1 fully saturated rings. The van der Waals surface area contributed by atoms with Crippen molar-refractivity contribution in [2.45, 2.75) is 32.7 Å². The minimum absolute atomic E-state index is 0.620. The maximum Gasteiger partial charge on any atom is 0.0825 e. The molecule has 4 heteroatoms. The summed E-state index contributed by atoms with van der Waals surface area (Å²) in [7, 11) is 0. The van der Waals surface area contributed by atoms with Gasteiger partial charge < -0.3 is 10.2 Å². The summed E-state index contributed by atoms with van der Waals surface area (Å²) < 4.78 is 0. The summed E-state index contributed by atoms with van der Waals surface area (Å²) in [5, 5.41) is 4.95. The van der Waals surface area contributed by atoms with Crippen LogP contribution in [0.25, 0.3) is 0 Å². The van der Waals surface area contributed by atoms with Gasteiger partial charge in [-0.2, -0.15) is 0 Å². The first-order chi connectivity index (χ1) is 9.13. The van der Waals surface area contributed by atoms with Crippen LogP contribution >= 0.6 is 23.2 Å². The Kier molecular flexibility index (Phi) is 5.37. The highest BCUT2D eigenvalue weighted by molar-refractivity contribution is 6.43. The van der Waals surface area contributed by atoms with Crippen LogP contribution in [-0.4, -0.2) is 25.7 Å². The van der Waals surface area contributed by atoms with Gasteiger partial charge in [0.2, 0.25) is 0 Å². The zero-order chi connectivity index (χ0) is 13.8. The molecule has 1 aromatic carbocycles. The van der Waals surface area contributed by atoms with E-state index in [1.807, 2.05) is 12.1 Å². The molecule has 1 saturated heterocycles. The van der Waals surface area contributed by atoms with Gasteiger partial charge in [-0.25, -0.2) is 0 Å². The van der Waals surface area contributed by atoms with Crippen LogP contribution < -0.4 is 10.2 Å². The number of piperidine rings is 1. The largest absolute Gasteiger partial charge is 0.370 e. The summed E-state index contributed by atoms with van der Waals surface area (Å²) in [6.45, 7) is 7.68. The molecule has 2 atom stereocenters. The zero-order valence-corrected chi connectivity index (χ0v) is 13.1. The minimum Gasteiger partial charge on any atom is -0.370 e. The molecule has 0 amide bonds. The van der Waals surface area contributed by atoms with Crippen molar-refractivity contribution in [1.82, 2.24) is 5.32 Å². The third-order valence-corrected chi connectivity index (χ3v) is 4.64. The van der Waals surface area contributed by atoms with Gasteiger partial charge in [0.05, 0.1) is 15.7 Å². The average Bonchev–Trinajstić information content (AvgIpc) is 2.40. The predicted molar refractivity (Wildman–Crippen MR) is 84.5 cm³/mol. The van der Waals surface area contributed by atoms with Crippen LogP contribution in [-0.2, 0) is 0 Å². The van der Waals surface area contributed by atoms with Gasteiger partial charge in [0.15, 0.2) is 0 Å². The Morgan fingerprint density at radius 2 is 2.16 bits per heavy atom. The lowest BCUT2D eigenvalue weighted by Crippen LogP contribution is -2.48.